The van der Waals surface area contributed by atoms with Gasteiger partial charge < -0.3 is 0 Å². The van der Waals surface area contributed by atoms with Gasteiger partial charge in [0, 0.05) is 5.92 Å². The van der Waals surface area contributed by atoms with Gasteiger partial charge in [0.25, 0.3) is 0 Å². The largest absolute Gasteiger partial charge is 0.106 e. The van der Waals surface area contributed by atoms with Gasteiger partial charge in [-0.1, -0.05) is 12.8 Å². The van der Waals surface area contributed by atoms with Crippen LogP contribution < -0.4 is 0 Å². The predicted octanol–water partition coefficient (Wildman–Crippen LogP) is 2.06. The molecular formula is C8H12. The van der Waals surface area contributed by atoms with E-state index < -0.39 is 0 Å². The van der Waals surface area contributed by atoms with Crippen molar-refractivity contribution in [3.63, 3.8) is 0 Å². The van der Waals surface area contributed by atoms with Crippen LogP contribution in [0.5, 0.6) is 0 Å². The van der Waals surface area contributed by atoms with Crippen LogP contribution in [0.3, 0.4) is 0 Å². The SMILES string of the molecule is CC#CC1CCC1C. The van der Waals surface area contributed by atoms with Crippen molar-refractivity contribution in [3.8, 4) is 11.8 Å². The molecule has 0 spiro atoms. The summed E-state index contributed by atoms with van der Waals surface area (Å²) in [6, 6.07) is 0. The first-order chi connectivity index (χ1) is 3.84. The number of hydrogen-bond acceptors (Lipinski definition) is 0. The van der Waals surface area contributed by atoms with E-state index in [0.717, 1.165) is 11.8 Å². The van der Waals surface area contributed by atoms with E-state index in [4.69, 9.17) is 0 Å². The van der Waals surface area contributed by atoms with Gasteiger partial charge in [-0.15, -0.1) is 5.92 Å². The highest BCUT2D eigenvalue weighted by molar-refractivity contribution is 5.06. The maximum atomic E-state index is 3.18. The monoisotopic (exact) mass is 108 g/mol. The molecule has 1 fully saturated rings. The smallest absolute Gasteiger partial charge is 0.0228 e. The molecule has 0 saturated heterocycles. The van der Waals surface area contributed by atoms with Gasteiger partial charge in [-0.2, -0.15) is 0 Å². The first-order valence-electron chi connectivity index (χ1n) is 3.27. The van der Waals surface area contributed by atoms with Crippen LogP contribution >= 0.6 is 0 Å². The molecule has 0 aliphatic heterocycles. The van der Waals surface area contributed by atoms with Gasteiger partial charge in [0.1, 0.15) is 0 Å². The molecule has 44 valence electrons. The van der Waals surface area contributed by atoms with Gasteiger partial charge in [-0.05, 0) is 25.7 Å². The average Bonchev–Trinajstić information content (AvgIpc) is 1.79. The summed E-state index contributed by atoms with van der Waals surface area (Å²) in [7, 11) is 0. The molecule has 1 saturated carbocycles. The van der Waals surface area contributed by atoms with Crippen molar-refractivity contribution >= 4 is 0 Å². The Kier molecular flexibility index (Phi) is 1.58. The van der Waals surface area contributed by atoms with Crippen molar-refractivity contribution < 1.29 is 0 Å². The lowest BCUT2D eigenvalue weighted by molar-refractivity contribution is 0.262. The fourth-order valence-electron chi connectivity index (χ4n) is 1.07. The van der Waals surface area contributed by atoms with E-state index in [1.54, 1.807) is 0 Å². The molecule has 0 N–H and O–H groups in total. The minimum absolute atomic E-state index is 0.736. The molecule has 1 aliphatic carbocycles. The zero-order valence-electron chi connectivity index (χ0n) is 5.57. The summed E-state index contributed by atoms with van der Waals surface area (Å²) in [5.74, 6) is 7.75. The van der Waals surface area contributed by atoms with E-state index in [0.29, 0.717) is 0 Å². The molecule has 0 nitrogen and oxygen atoms in total. The van der Waals surface area contributed by atoms with Crippen LogP contribution in [0, 0.1) is 23.7 Å². The maximum absolute atomic E-state index is 3.18. The molecule has 2 atom stereocenters. The zero-order valence-corrected chi connectivity index (χ0v) is 5.57. The second kappa shape index (κ2) is 2.22. The summed E-state index contributed by atoms with van der Waals surface area (Å²) in [5.41, 5.74) is 0. The van der Waals surface area contributed by atoms with E-state index in [1.807, 2.05) is 6.92 Å². The van der Waals surface area contributed by atoms with Crippen molar-refractivity contribution in [1.82, 2.24) is 0 Å². The maximum Gasteiger partial charge on any atom is 0.0228 e. The summed E-state index contributed by atoms with van der Waals surface area (Å²) in [6.45, 7) is 4.20. The number of hydrogen-bond donors (Lipinski definition) is 0. The molecule has 1 rings (SSSR count). The Labute approximate surface area is 51.3 Å². The fraction of sp³-hybridized carbons (Fsp3) is 0.750. The van der Waals surface area contributed by atoms with E-state index in [2.05, 4.69) is 18.8 Å². The Morgan fingerprint density at radius 3 is 2.25 bits per heavy atom. The number of rotatable bonds is 0. The average molecular weight is 108 g/mol. The normalized spacial score (nSPS) is 34.8. The van der Waals surface area contributed by atoms with Crippen LogP contribution in [0.4, 0.5) is 0 Å². The summed E-state index contributed by atoms with van der Waals surface area (Å²) >= 11 is 0. The molecule has 0 heteroatoms. The molecule has 0 aromatic rings. The molecule has 0 amide bonds. The molecule has 0 radical (unpaired) electrons. The topological polar surface area (TPSA) is 0 Å². The summed E-state index contributed by atoms with van der Waals surface area (Å²) < 4.78 is 0. The molecule has 0 bridgehead atoms. The van der Waals surface area contributed by atoms with Crippen LogP contribution in [0.25, 0.3) is 0 Å². The summed E-state index contributed by atoms with van der Waals surface area (Å²) in [5, 5.41) is 0. The standard InChI is InChI=1S/C8H12/c1-3-4-8-6-5-7(8)2/h7-8H,5-6H2,1-2H3. The third-order valence-electron chi connectivity index (χ3n) is 1.95. The third kappa shape index (κ3) is 0.865. The van der Waals surface area contributed by atoms with Gasteiger partial charge in [-0.25, -0.2) is 0 Å². The fourth-order valence-corrected chi connectivity index (χ4v) is 1.07. The summed E-state index contributed by atoms with van der Waals surface area (Å²) in [6.07, 6.45) is 2.72. The lowest BCUT2D eigenvalue weighted by Crippen LogP contribution is -2.20. The molecule has 0 aromatic carbocycles. The van der Waals surface area contributed by atoms with Gasteiger partial charge in [0.2, 0.25) is 0 Å². The van der Waals surface area contributed by atoms with Crippen molar-refractivity contribution in [1.29, 1.82) is 0 Å². The van der Waals surface area contributed by atoms with Crippen LogP contribution in [0.15, 0.2) is 0 Å². The summed E-state index contributed by atoms with van der Waals surface area (Å²) in [4.78, 5) is 0. The molecule has 1 aliphatic rings. The first-order valence-corrected chi connectivity index (χ1v) is 3.27. The minimum Gasteiger partial charge on any atom is -0.106 e. The van der Waals surface area contributed by atoms with Crippen LogP contribution in [0.1, 0.15) is 26.7 Å². The van der Waals surface area contributed by atoms with Crippen molar-refractivity contribution in [2.45, 2.75) is 26.7 Å². The lowest BCUT2D eigenvalue weighted by Gasteiger charge is -2.28. The third-order valence-corrected chi connectivity index (χ3v) is 1.95. The van der Waals surface area contributed by atoms with E-state index in [9.17, 15) is 0 Å². The van der Waals surface area contributed by atoms with Gasteiger partial charge >= 0.3 is 0 Å². The second-order valence-corrected chi connectivity index (χ2v) is 2.56. The molecule has 0 aromatic heterocycles. The van der Waals surface area contributed by atoms with Crippen molar-refractivity contribution in [2.24, 2.45) is 11.8 Å². The first kappa shape index (κ1) is 5.69. The highest BCUT2D eigenvalue weighted by Gasteiger charge is 2.23. The van der Waals surface area contributed by atoms with Crippen LogP contribution in [-0.4, -0.2) is 0 Å². The highest BCUT2D eigenvalue weighted by Crippen LogP contribution is 2.32. The van der Waals surface area contributed by atoms with Gasteiger partial charge in [0.05, 0.1) is 0 Å². The minimum atomic E-state index is 0.736. The zero-order chi connectivity index (χ0) is 5.98. The second-order valence-electron chi connectivity index (χ2n) is 2.56. The lowest BCUT2D eigenvalue weighted by atomic mass is 9.75. The van der Waals surface area contributed by atoms with Crippen molar-refractivity contribution in [2.75, 3.05) is 0 Å². The highest BCUT2D eigenvalue weighted by atomic mass is 14.3. The van der Waals surface area contributed by atoms with Crippen LogP contribution in [-0.2, 0) is 0 Å². The molecular weight excluding hydrogens is 96.1 g/mol. The molecule has 0 heterocycles. The molecule has 8 heavy (non-hydrogen) atoms. The van der Waals surface area contributed by atoms with E-state index in [-0.39, 0.29) is 0 Å². The van der Waals surface area contributed by atoms with Crippen molar-refractivity contribution in [3.05, 3.63) is 0 Å². The van der Waals surface area contributed by atoms with Gasteiger partial charge in [-0.3, -0.25) is 0 Å². The predicted molar refractivity (Wildman–Crippen MR) is 35.3 cm³/mol. The quantitative estimate of drug-likeness (QED) is 0.417. The van der Waals surface area contributed by atoms with Crippen LogP contribution in [0.2, 0.25) is 0 Å². The Balaban J connectivity index is 2.34. The Hall–Kier alpha value is -0.440. The molecule has 2 unspecified atom stereocenters. The Bertz CT molecular complexity index is 125. The Morgan fingerprint density at radius 1 is 1.38 bits per heavy atom. The Morgan fingerprint density at radius 2 is 2.12 bits per heavy atom. The van der Waals surface area contributed by atoms with E-state index in [1.165, 1.54) is 12.8 Å². The van der Waals surface area contributed by atoms with Gasteiger partial charge in [0.15, 0.2) is 0 Å². The van der Waals surface area contributed by atoms with E-state index >= 15 is 0 Å².